The Morgan fingerprint density at radius 2 is 0.865 bits per heavy atom. The third kappa shape index (κ3) is 53.5. The van der Waals surface area contributed by atoms with E-state index in [0.29, 0.717) is 23.9 Å². The van der Waals surface area contributed by atoms with Gasteiger partial charge in [-0.3, -0.25) is 18.6 Å². The molecule has 0 aliphatic heterocycles. The first-order chi connectivity index (χ1) is 35.9. The molecule has 0 fully saturated rings. The van der Waals surface area contributed by atoms with Gasteiger partial charge < -0.3 is 19.4 Å². The molecular formula is C64H112N2O7P+. The van der Waals surface area contributed by atoms with Crippen molar-refractivity contribution in [2.24, 2.45) is 0 Å². The highest BCUT2D eigenvalue weighted by molar-refractivity contribution is 7.47. The average Bonchev–Trinajstić information content (AvgIpc) is 3.36. The van der Waals surface area contributed by atoms with E-state index in [-0.39, 0.29) is 31.5 Å². The fraction of sp³-hybridized carbons (Fsp3) is 0.688. The van der Waals surface area contributed by atoms with E-state index in [2.05, 4.69) is 123 Å². The monoisotopic (exact) mass is 1050 g/mol. The molecule has 1 amide bonds. The maximum atomic E-state index is 13.5. The number of hydrogen-bond acceptors (Lipinski definition) is 6. The van der Waals surface area contributed by atoms with Gasteiger partial charge in [0.05, 0.1) is 33.8 Å². The van der Waals surface area contributed by atoms with Gasteiger partial charge in [0, 0.05) is 12.8 Å². The first kappa shape index (κ1) is 70.7. The molecule has 10 heteroatoms. The summed E-state index contributed by atoms with van der Waals surface area (Å²) in [5, 5.41) is 3.03. The van der Waals surface area contributed by atoms with Crippen LogP contribution in [-0.2, 0) is 27.9 Å². The number of carbonyl (C=O) groups excluding carboxylic acids is 2. The zero-order valence-corrected chi connectivity index (χ0v) is 49.2. The van der Waals surface area contributed by atoms with E-state index in [9.17, 15) is 19.0 Å². The van der Waals surface area contributed by atoms with E-state index in [1.54, 1.807) is 0 Å². The van der Waals surface area contributed by atoms with Crippen LogP contribution in [0, 0.1) is 0 Å². The number of phosphoric acid groups is 1. The van der Waals surface area contributed by atoms with Crippen LogP contribution in [0.4, 0.5) is 0 Å². The summed E-state index contributed by atoms with van der Waals surface area (Å²) in [4.78, 5) is 37.6. The summed E-state index contributed by atoms with van der Waals surface area (Å²) >= 11 is 0. The Hall–Kier alpha value is -3.33. The number of likely N-dealkylation sites (N-methyl/N-ethyl adjacent to an activating group) is 1. The van der Waals surface area contributed by atoms with Crippen LogP contribution in [0.3, 0.4) is 0 Å². The van der Waals surface area contributed by atoms with Crippen LogP contribution in [-0.4, -0.2) is 74.3 Å². The molecule has 0 spiro atoms. The fourth-order valence-corrected chi connectivity index (χ4v) is 8.66. The normalized spacial score (nSPS) is 14.5. The molecule has 0 aromatic carbocycles. The lowest BCUT2D eigenvalue weighted by Gasteiger charge is -2.27. The summed E-state index contributed by atoms with van der Waals surface area (Å²) in [6.45, 7) is 6.74. The van der Waals surface area contributed by atoms with Crippen molar-refractivity contribution in [3.8, 4) is 0 Å². The van der Waals surface area contributed by atoms with E-state index >= 15 is 0 Å². The van der Waals surface area contributed by atoms with Gasteiger partial charge in [-0.15, -0.1) is 0 Å². The van der Waals surface area contributed by atoms with Crippen molar-refractivity contribution in [3.05, 3.63) is 109 Å². The molecule has 74 heavy (non-hydrogen) atoms. The SMILES string of the molecule is CC/C=C\C/C=C\C/C=C\C/C=C\C/C=C\C/C=C\CCCCCCC(=O)OC(/C=C\CCCCCCCCCCC)C(COP(=O)(O)OCC[N+](C)(C)C)NC(=O)CCCCCCCCC/C=C/C/C=C/CC. The lowest BCUT2D eigenvalue weighted by Crippen LogP contribution is -2.47. The molecule has 3 atom stereocenters. The highest BCUT2D eigenvalue weighted by Gasteiger charge is 2.30. The van der Waals surface area contributed by atoms with Crippen molar-refractivity contribution in [2.75, 3.05) is 40.9 Å². The molecule has 2 N–H and O–H groups in total. The zero-order chi connectivity index (χ0) is 54.3. The number of unbranched alkanes of at least 4 members (excludes halogenated alkanes) is 20. The van der Waals surface area contributed by atoms with Crippen molar-refractivity contribution < 1.29 is 37.3 Å². The number of nitrogens with zero attached hydrogens (tertiary/aromatic N) is 1. The molecule has 0 aromatic rings. The summed E-state index contributed by atoms with van der Waals surface area (Å²) in [5.41, 5.74) is 0. The molecule has 3 unspecified atom stereocenters. The number of amides is 1. The molecule has 0 saturated heterocycles. The lowest BCUT2D eigenvalue weighted by molar-refractivity contribution is -0.870. The molecule has 9 nitrogen and oxygen atoms in total. The number of rotatable bonds is 52. The minimum absolute atomic E-state index is 0.0285. The average molecular weight is 1050 g/mol. The summed E-state index contributed by atoms with van der Waals surface area (Å²) in [7, 11) is 1.46. The smallest absolute Gasteiger partial charge is 0.456 e. The molecule has 0 rings (SSSR count). The molecule has 0 aliphatic carbocycles. The van der Waals surface area contributed by atoms with Gasteiger partial charge in [0.15, 0.2) is 0 Å². The van der Waals surface area contributed by atoms with Gasteiger partial charge in [-0.2, -0.15) is 0 Å². The van der Waals surface area contributed by atoms with Crippen LogP contribution >= 0.6 is 7.82 Å². The van der Waals surface area contributed by atoms with Gasteiger partial charge in [0.2, 0.25) is 5.91 Å². The second-order valence-corrected chi connectivity index (χ2v) is 22.2. The van der Waals surface area contributed by atoms with Crippen LogP contribution in [0.2, 0.25) is 0 Å². The van der Waals surface area contributed by atoms with Crippen molar-refractivity contribution in [3.63, 3.8) is 0 Å². The Morgan fingerprint density at radius 1 is 0.486 bits per heavy atom. The van der Waals surface area contributed by atoms with Gasteiger partial charge in [-0.05, 0) is 109 Å². The van der Waals surface area contributed by atoms with Crippen LogP contribution in [0.1, 0.15) is 233 Å². The summed E-state index contributed by atoms with van der Waals surface area (Å²) < 4.78 is 30.6. The van der Waals surface area contributed by atoms with Gasteiger partial charge in [-0.25, -0.2) is 4.57 Å². The third-order valence-electron chi connectivity index (χ3n) is 12.5. The maximum Gasteiger partial charge on any atom is 0.472 e. The van der Waals surface area contributed by atoms with E-state index in [0.717, 1.165) is 128 Å². The highest BCUT2D eigenvalue weighted by atomic mass is 31.2. The Kier molecular flexibility index (Phi) is 50.7. The number of carbonyl (C=O) groups is 2. The van der Waals surface area contributed by atoms with E-state index < -0.39 is 20.0 Å². The van der Waals surface area contributed by atoms with Crippen molar-refractivity contribution in [2.45, 2.75) is 245 Å². The number of esters is 1. The predicted octanol–water partition coefficient (Wildman–Crippen LogP) is 18.2. The Bertz CT molecular complexity index is 1640. The topological polar surface area (TPSA) is 111 Å². The number of ether oxygens (including phenoxy) is 1. The van der Waals surface area contributed by atoms with Crippen molar-refractivity contribution >= 4 is 19.7 Å². The van der Waals surface area contributed by atoms with E-state index in [4.69, 9.17) is 13.8 Å². The quantitative estimate of drug-likeness (QED) is 0.0205. The van der Waals surface area contributed by atoms with E-state index in [1.807, 2.05) is 33.3 Å². The van der Waals surface area contributed by atoms with Crippen LogP contribution < -0.4 is 5.32 Å². The molecular weight excluding hydrogens is 940 g/mol. The Balaban J connectivity index is 5.29. The molecule has 424 valence electrons. The van der Waals surface area contributed by atoms with Crippen molar-refractivity contribution in [1.29, 1.82) is 0 Å². The largest absolute Gasteiger partial charge is 0.472 e. The van der Waals surface area contributed by atoms with Gasteiger partial charge >= 0.3 is 13.8 Å². The first-order valence-electron chi connectivity index (χ1n) is 29.7. The summed E-state index contributed by atoms with van der Waals surface area (Å²) in [5.74, 6) is -0.552. The molecule has 0 radical (unpaired) electrons. The van der Waals surface area contributed by atoms with Crippen molar-refractivity contribution in [1.82, 2.24) is 5.32 Å². The maximum absolute atomic E-state index is 13.5. The second-order valence-electron chi connectivity index (χ2n) is 20.8. The van der Waals surface area contributed by atoms with Gasteiger partial charge in [0.1, 0.15) is 19.3 Å². The number of phosphoric ester groups is 1. The first-order valence-corrected chi connectivity index (χ1v) is 31.2. The number of hydrogen-bond donors (Lipinski definition) is 2. The molecule has 0 heterocycles. The van der Waals surface area contributed by atoms with Gasteiger partial charge in [0.25, 0.3) is 0 Å². The molecule has 0 aliphatic rings. The molecule has 0 bridgehead atoms. The number of allylic oxidation sites excluding steroid dienone is 17. The minimum Gasteiger partial charge on any atom is -0.456 e. The summed E-state index contributed by atoms with van der Waals surface area (Å²) in [6, 6.07) is -0.869. The standard InChI is InChI=1S/C64H111N2O7P/c1-7-10-13-16-19-22-25-27-29-30-31-32-33-34-35-36-37-39-42-45-48-51-54-57-64(68)73-62(55-52-49-46-43-40-24-21-18-15-12-9-3)61(60-72-74(69,70)71-59-58-66(4,5)6)65-63(67)56-53-50-47-44-41-38-28-26-23-20-17-14-11-8-2/h10-11,13-14,19-20,22-23,27,29,31-32,34-35,37,39,52,55,61-62H,7-9,12,15-18,21,24-26,28,30,33,36,38,40-51,53-54,56-60H2,1-6H3,(H-,65,67,69,70)/p+1/b13-10-,14-11+,22-19-,23-20+,29-27-,32-31-,35-34-,39-37-,55-52-. The zero-order valence-electron chi connectivity index (χ0n) is 48.3. The minimum atomic E-state index is -4.46. The third-order valence-corrected chi connectivity index (χ3v) is 13.4. The second kappa shape index (κ2) is 53.1. The lowest BCUT2D eigenvalue weighted by atomic mass is 10.1. The van der Waals surface area contributed by atoms with Crippen LogP contribution in [0.5, 0.6) is 0 Å². The Labute approximate surface area is 455 Å². The highest BCUT2D eigenvalue weighted by Crippen LogP contribution is 2.43. The summed E-state index contributed by atoms with van der Waals surface area (Å²) in [6.07, 6.45) is 72.3. The van der Waals surface area contributed by atoms with Crippen LogP contribution in [0.15, 0.2) is 109 Å². The molecule has 0 aromatic heterocycles. The fourth-order valence-electron chi connectivity index (χ4n) is 7.92. The van der Waals surface area contributed by atoms with E-state index in [1.165, 1.54) is 64.2 Å². The number of quaternary nitrogens is 1. The predicted molar refractivity (Wildman–Crippen MR) is 318 cm³/mol. The Morgan fingerprint density at radius 3 is 1.30 bits per heavy atom. The molecule has 0 saturated carbocycles. The van der Waals surface area contributed by atoms with Gasteiger partial charge in [-0.1, -0.05) is 220 Å². The number of nitrogens with one attached hydrogen (secondary N) is 1. The van der Waals surface area contributed by atoms with Crippen LogP contribution in [0.25, 0.3) is 0 Å².